The maximum atomic E-state index is 12.9. The fourth-order valence-electron chi connectivity index (χ4n) is 1.84. The first-order valence-corrected chi connectivity index (χ1v) is 8.34. The Labute approximate surface area is 127 Å². The Morgan fingerprint density at radius 3 is 2.29 bits per heavy atom. The first-order chi connectivity index (χ1) is 9.61. The molecule has 1 aromatic rings. The first-order valence-electron chi connectivity index (χ1n) is 6.48. The highest BCUT2D eigenvalue weighted by Gasteiger charge is 2.37. The van der Waals surface area contributed by atoms with Gasteiger partial charge in [0.15, 0.2) is 0 Å². The smallest absolute Gasteiger partial charge is 0.211 e. The van der Waals surface area contributed by atoms with Crippen molar-refractivity contribution in [1.29, 1.82) is 0 Å². The zero-order chi connectivity index (χ0) is 16.3. The van der Waals surface area contributed by atoms with Crippen LogP contribution in [0.4, 0.5) is 13.2 Å². The second kappa shape index (κ2) is 6.98. The van der Waals surface area contributed by atoms with Gasteiger partial charge in [-0.1, -0.05) is 38.3 Å². The van der Waals surface area contributed by atoms with Crippen molar-refractivity contribution in [3.8, 4) is 0 Å². The lowest BCUT2D eigenvalue weighted by Crippen LogP contribution is -2.30. The van der Waals surface area contributed by atoms with Crippen molar-refractivity contribution in [2.45, 2.75) is 37.8 Å². The van der Waals surface area contributed by atoms with Crippen LogP contribution in [0.2, 0.25) is 5.02 Å². The molecule has 0 saturated heterocycles. The molecule has 0 heterocycles. The largest absolute Gasteiger partial charge is 0.417 e. The first kappa shape index (κ1) is 18.3. The Morgan fingerprint density at radius 1 is 1.24 bits per heavy atom. The van der Waals surface area contributed by atoms with Gasteiger partial charge in [0.25, 0.3) is 0 Å². The molecule has 1 rings (SSSR count). The van der Waals surface area contributed by atoms with E-state index in [4.69, 9.17) is 11.6 Å². The van der Waals surface area contributed by atoms with Crippen LogP contribution in [0.5, 0.6) is 0 Å². The monoisotopic (exact) mass is 343 g/mol. The van der Waals surface area contributed by atoms with E-state index in [0.717, 1.165) is 25.0 Å². The van der Waals surface area contributed by atoms with E-state index in [2.05, 4.69) is 4.72 Å². The quantitative estimate of drug-likeness (QED) is 0.846. The normalized spacial score (nSPS) is 12.9. The molecule has 1 aromatic carbocycles. The molecule has 0 fully saturated rings. The molecule has 0 bridgehead atoms. The zero-order valence-corrected chi connectivity index (χ0v) is 13.2. The number of halogens is 4. The highest BCUT2D eigenvalue weighted by molar-refractivity contribution is 7.89. The Morgan fingerprint density at radius 2 is 1.81 bits per heavy atom. The highest BCUT2D eigenvalue weighted by atomic mass is 35.5. The average Bonchev–Trinajstić information content (AvgIpc) is 2.38. The predicted molar refractivity (Wildman–Crippen MR) is 75.7 cm³/mol. The van der Waals surface area contributed by atoms with Crippen LogP contribution in [0.1, 0.15) is 32.3 Å². The molecular weight excluding hydrogens is 327 g/mol. The Balaban J connectivity index is 3.14. The van der Waals surface area contributed by atoms with Crippen LogP contribution >= 0.6 is 11.6 Å². The third kappa shape index (κ3) is 4.86. The number of rotatable bonds is 6. The van der Waals surface area contributed by atoms with E-state index < -0.39 is 26.7 Å². The maximum Gasteiger partial charge on any atom is 0.417 e. The minimum atomic E-state index is -4.79. The van der Waals surface area contributed by atoms with Crippen LogP contribution in [-0.4, -0.2) is 15.0 Å². The van der Waals surface area contributed by atoms with Gasteiger partial charge < -0.3 is 0 Å². The molecule has 0 unspecified atom stereocenters. The summed E-state index contributed by atoms with van der Waals surface area (Å²) in [4.78, 5) is -0.801. The molecule has 0 aliphatic heterocycles. The molecule has 0 aliphatic carbocycles. The van der Waals surface area contributed by atoms with E-state index in [9.17, 15) is 21.6 Å². The lowest BCUT2D eigenvalue weighted by molar-refractivity contribution is -0.139. The topological polar surface area (TPSA) is 46.2 Å². The number of sulfonamides is 1. The summed E-state index contributed by atoms with van der Waals surface area (Å²) in [7, 11) is -4.23. The molecule has 0 spiro atoms. The number of alkyl halides is 3. The molecule has 0 radical (unpaired) electrons. The predicted octanol–water partition coefficient (Wildman–Crippen LogP) is 4.07. The van der Waals surface area contributed by atoms with Crippen molar-refractivity contribution < 1.29 is 21.6 Å². The standard InChI is InChI=1S/C13H17ClF3NO2S/c1-3-9(4-2)8-18-21(19,20)12-6-5-10(14)7-11(12)13(15,16)17/h5-7,9,18H,3-4,8H2,1-2H3. The van der Waals surface area contributed by atoms with Gasteiger partial charge >= 0.3 is 6.18 Å². The zero-order valence-electron chi connectivity index (χ0n) is 11.7. The summed E-state index contributed by atoms with van der Waals surface area (Å²) in [5.74, 6) is 0.0846. The summed E-state index contributed by atoms with van der Waals surface area (Å²) in [6.07, 6.45) is -3.30. The summed E-state index contributed by atoms with van der Waals surface area (Å²) < 4.78 is 65.2. The van der Waals surface area contributed by atoms with Gasteiger partial charge in [0, 0.05) is 11.6 Å². The molecule has 0 aromatic heterocycles. The maximum absolute atomic E-state index is 12.9. The second-order valence-electron chi connectivity index (χ2n) is 4.67. The van der Waals surface area contributed by atoms with Crippen LogP contribution in [0.15, 0.2) is 23.1 Å². The van der Waals surface area contributed by atoms with E-state index in [1.165, 1.54) is 0 Å². The van der Waals surface area contributed by atoms with E-state index in [-0.39, 0.29) is 17.5 Å². The fraction of sp³-hybridized carbons (Fsp3) is 0.538. The van der Waals surface area contributed by atoms with Gasteiger partial charge in [0.1, 0.15) is 0 Å². The number of hydrogen-bond acceptors (Lipinski definition) is 2. The minimum absolute atomic E-state index is 0.0846. The molecule has 120 valence electrons. The van der Waals surface area contributed by atoms with Crippen molar-refractivity contribution in [3.05, 3.63) is 28.8 Å². The third-order valence-corrected chi connectivity index (χ3v) is 4.97. The summed E-state index contributed by atoms with van der Waals surface area (Å²) in [5, 5.41) is -0.165. The molecule has 21 heavy (non-hydrogen) atoms. The summed E-state index contributed by atoms with van der Waals surface area (Å²) in [6.45, 7) is 3.90. The van der Waals surface area contributed by atoms with E-state index in [0.29, 0.717) is 6.07 Å². The van der Waals surface area contributed by atoms with Gasteiger partial charge in [0.05, 0.1) is 10.5 Å². The van der Waals surface area contributed by atoms with Crippen molar-refractivity contribution in [1.82, 2.24) is 4.72 Å². The van der Waals surface area contributed by atoms with E-state index >= 15 is 0 Å². The van der Waals surface area contributed by atoms with Crippen molar-refractivity contribution >= 4 is 21.6 Å². The van der Waals surface area contributed by atoms with Crippen LogP contribution in [0.3, 0.4) is 0 Å². The van der Waals surface area contributed by atoms with E-state index in [1.807, 2.05) is 13.8 Å². The van der Waals surface area contributed by atoms with Crippen LogP contribution < -0.4 is 4.72 Å². The number of benzene rings is 1. The summed E-state index contributed by atoms with van der Waals surface area (Å²) >= 11 is 5.53. The average molecular weight is 344 g/mol. The van der Waals surface area contributed by atoms with Crippen LogP contribution in [0, 0.1) is 5.92 Å². The van der Waals surface area contributed by atoms with Crippen molar-refractivity contribution in [2.24, 2.45) is 5.92 Å². The lowest BCUT2D eigenvalue weighted by atomic mass is 10.0. The molecule has 0 saturated carbocycles. The van der Waals surface area contributed by atoms with Gasteiger partial charge in [-0.15, -0.1) is 0 Å². The summed E-state index contributed by atoms with van der Waals surface area (Å²) in [5.41, 5.74) is -1.26. The Bertz CT molecular complexity index is 584. The SMILES string of the molecule is CCC(CC)CNS(=O)(=O)c1ccc(Cl)cc1C(F)(F)F. The molecular formula is C13H17ClF3NO2S. The van der Waals surface area contributed by atoms with Gasteiger partial charge in [-0.05, 0) is 24.1 Å². The van der Waals surface area contributed by atoms with Gasteiger partial charge in [0.2, 0.25) is 10.0 Å². The van der Waals surface area contributed by atoms with Crippen molar-refractivity contribution in [2.75, 3.05) is 6.54 Å². The molecule has 8 heteroatoms. The van der Waals surface area contributed by atoms with Gasteiger partial charge in [-0.25, -0.2) is 13.1 Å². The molecule has 0 aliphatic rings. The van der Waals surface area contributed by atoms with Crippen molar-refractivity contribution in [3.63, 3.8) is 0 Å². The second-order valence-corrected chi connectivity index (χ2v) is 6.84. The highest BCUT2D eigenvalue weighted by Crippen LogP contribution is 2.35. The minimum Gasteiger partial charge on any atom is -0.211 e. The van der Waals surface area contributed by atoms with Crippen LogP contribution in [0.25, 0.3) is 0 Å². The number of hydrogen-bond donors (Lipinski definition) is 1. The van der Waals surface area contributed by atoms with Gasteiger partial charge in [-0.3, -0.25) is 0 Å². The van der Waals surface area contributed by atoms with E-state index in [1.54, 1.807) is 0 Å². The van der Waals surface area contributed by atoms with Crippen LogP contribution in [-0.2, 0) is 16.2 Å². The fourth-order valence-corrected chi connectivity index (χ4v) is 3.33. The molecule has 3 nitrogen and oxygen atoms in total. The summed E-state index contributed by atoms with van der Waals surface area (Å²) in [6, 6.07) is 2.62. The third-order valence-electron chi connectivity index (χ3n) is 3.25. The molecule has 1 N–H and O–H groups in total. The van der Waals surface area contributed by atoms with Gasteiger partial charge in [-0.2, -0.15) is 13.2 Å². The lowest BCUT2D eigenvalue weighted by Gasteiger charge is -2.17. The Hall–Kier alpha value is -0.790. The molecule has 0 atom stereocenters. The number of nitrogens with one attached hydrogen (secondary N) is 1. The molecule has 0 amide bonds. The Kier molecular flexibility index (Phi) is 6.07.